The number of nitrogens with zero attached hydrogens (tertiary/aromatic N) is 1. The van der Waals surface area contributed by atoms with Gasteiger partial charge in [-0.25, -0.2) is 4.79 Å². The van der Waals surface area contributed by atoms with Crippen LogP contribution in [0.5, 0.6) is 0 Å². The molecule has 0 aromatic heterocycles. The van der Waals surface area contributed by atoms with Gasteiger partial charge in [0.25, 0.3) is 0 Å². The number of ether oxygens (including phenoxy) is 1. The van der Waals surface area contributed by atoms with Crippen LogP contribution in [0.1, 0.15) is 37.9 Å². The maximum Gasteiger partial charge on any atom is 0.415 e. The first-order valence-corrected chi connectivity index (χ1v) is 6.80. The first-order chi connectivity index (χ1) is 9.37. The lowest BCUT2D eigenvalue weighted by atomic mass is 10.0. The molecule has 0 saturated heterocycles. The first-order valence-electron chi connectivity index (χ1n) is 6.80. The number of amides is 1. The fourth-order valence-corrected chi connectivity index (χ4v) is 2.11. The molecule has 20 heavy (non-hydrogen) atoms. The Kier molecular flexibility index (Phi) is 3.98. The summed E-state index contributed by atoms with van der Waals surface area (Å²) in [6.45, 7) is 7.66. The monoisotopic (exact) mass is 271 g/mol. The molecule has 0 fully saturated rings. The van der Waals surface area contributed by atoms with E-state index in [2.05, 4.69) is 6.07 Å². The topological polar surface area (TPSA) is 29.5 Å². The Hall–Kier alpha value is -2.03. The fraction of sp³-hybridized carbons (Fsp3) is 0.353. The van der Waals surface area contributed by atoms with Gasteiger partial charge in [0.15, 0.2) is 0 Å². The van der Waals surface area contributed by atoms with Crippen molar-refractivity contribution in [1.29, 1.82) is 0 Å². The molecule has 1 atom stereocenters. The molecule has 1 aromatic rings. The summed E-state index contributed by atoms with van der Waals surface area (Å²) in [5.74, 6) is 0. The Bertz CT molecular complexity index is 552. The summed E-state index contributed by atoms with van der Waals surface area (Å²) in [6.07, 6.45) is 7.23. The molecule has 2 rings (SSSR count). The van der Waals surface area contributed by atoms with Crippen molar-refractivity contribution < 1.29 is 9.53 Å². The lowest BCUT2D eigenvalue weighted by Crippen LogP contribution is -2.36. The number of hydrogen-bond donors (Lipinski definition) is 0. The molecule has 0 saturated carbocycles. The Balaban J connectivity index is 2.25. The van der Waals surface area contributed by atoms with Gasteiger partial charge >= 0.3 is 6.09 Å². The zero-order chi connectivity index (χ0) is 14.8. The zero-order valence-corrected chi connectivity index (χ0v) is 12.5. The summed E-state index contributed by atoms with van der Waals surface area (Å²) in [7, 11) is 0. The zero-order valence-electron chi connectivity index (χ0n) is 12.5. The predicted octanol–water partition coefficient (Wildman–Crippen LogP) is 4.36. The van der Waals surface area contributed by atoms with Crippen molar-refractivity contribution in [2.24, 2.45) is 0 Å². The minimum Gasteiger partial charge on any atom is -0.443 e. The highest BCUT2D eigenvalue weighted by Gasteiger charge is 2.27. The van der Waals surface area contributed by atoms with Crippen LogP contribution in [0.2, 0.25) is 0 Å². The number of carbonyl (C=O) groups is 1. The second kappa shape index (κ2) is 5.53. The largest absolute Gasteiger partial charge is 0.443 e. The average Bonchev–Trinajstić information content (AvgIpc) is 2.37. The Morgan fingerprint density at radius 1 is 1.25 bits per heavy atom. The van der Waals surface area contributed by atoms with Gasteiger partial charge in [0.1, 0.15) is 5.60 Å². The van der Waals surface area contributed by atoms with Crippen molar-refractivity contribution >= 4 is 6.09 Å². The number of carbonyl (C=O) groups excluding carboxylic acids is 1. The van der Waals surface area contributed by atoms with E-state index in [-0.39, 0.29) is 12.1 Å². The van der Waals surface area contributed by atoms with Crippen molar-refractivity contribution in [3.05, 3.63) is 59.8 Å². The fourth-order valence-electron chi connectivity index (χ4n) is 2.11. The van der Waals surface area contributed by atoms with Gasteiger partial charge in [0.2, 0.25) is 0 Å². The normalized spacial score (nSPS) is 18.2. The quantitative estimate of drug-likeness (QED) is 0.759. The number of allylic oxidation sites excluding steroid dienone is 2. The molecule has 0 bridgehead atoms. The van der Waals surface area contributed by atoms with E-state index in [0.29, 0.717) is 0 Å². The molecule has 0 aliphatic carbocycles. The first kappa shape index (κ1) is 14.4. The van der Waals surface area contributed by atoms with Crippen LogP contribution in [0, 0.1) is 6.92 Å². The third-order valence-corrected chi connectivity index (χ3v) is 2.94. The van der Waals surface area contributed by atoms with E-state index < -0.39 is 5.60 Å². The second-order valence-corrected chi connectivity index (χ2v) is 5.97. The third-order valence-electron chi connectivity index (χ3n) is 2.94. The van der Waals surface area contributed by atoms with Crippen LogP contribution in [0.4, 0.5) is 4.79 Å². The molecule has 1 amide bonds. The van der Waals surface area contributed by atoms with Crippen molar-refractivity contribution in [2.75, 3.05) is 0 Å². The van der Waals surface area contributed by atoms with Crippen LogP contribution >= 0.6 is 0 Å². The van der Waals surface area contributed by atoms with Crippen LogP contribution in [-0.2, 0) is 4.74 Å². The lowest BCUT2D eigenvalue weighted by molar-refractivity contribution is 0.0293. The van der Waals surface area contributed by atoms with E-state index in [4.69, 9.17) is 4.74 Å². The molecule has 3 heteroatoms. The van der Waals surface area contributed by atoms with Crippen molar-refractivity contribution in [2.45, 2.75) is 39.3 Å². The van der Waals surface area contributed by atoms with Crippen molar-refractivity contribution in [1.82, 2.24) is 4.90 Å². The minimum absolute atomic E-state index is 0.116. The highest BCUT2D eigenvalue weighted by atomic mass is 16.6. The maximum absolute atomic E-state index is 12.3. The summed E-state index contributed by atoms with van der Waals surface area (Å²) in [4.78, 5) is 13.9. The summed E-state index contributed by atoms with van der Waals surface area (Å²) in [5, 5.41) is 0. The summed E-state index contributed by atoms with van der Waals surface area (Å²) >= 11 is 0. The Morgan fingerprint density at radius 2 is 2.00 bits per heavy atom. The summed E-state index contributed by atoms with van der Waals surface area (Å²) < 4.78 is 5.46. The highest BCUT2D eigenvalue weighted by Crippen LogP contribution is 2.27. The van der Waals surface area contributed by atoms with Crippen molar-refractivity contribution in [3.63, 3.8) is 0 Å². The average molecular weight is 271 g/mol. The second-order valence-electron chi connectivity index (χ2n) is 5.97. The number of rotatable bonds is 1. The SMILES string of the molecule is Cc1cccc(C2C=CC=CN2C(=O)OC(C)(C)C)c1. The standard InChI is InChI=1S/C17H21NO2/c1-13-8-7-9-14(12-13)15-10-5-6-11-18(15)16(19)20-17(2,3)4/h5-12,15H,1-4H3. The van der Waals surface area contributed by atoms with Crippen LogP contribution in [0.3, 0.4) is 0 Å². The molecule has 1 unspecified atom stereocenters. The van der Waals surface area contributed by atoms with Gasteiger partial charge in [-0.15, -0.1) is 0 Å². The number of hydrogen-bond acceptors (Lipinski definition) is 2. The molecule has 106 valence electrons. The van der Waals surface area contributed by atoms with Crippen LogP contribution in [0.25, 0.3) is 0 Å². The van der Waals surface area contributed by atoms with Gasteiger partial charge in [-0.3, -0.25) is 4.90 Å². The van der Waals surface area contributed by atoms with Crippen LogP contribution < -0.4 is 0 Å². The van der Waals surface area contributed by atoms with Crippen LogP contribution in [0.15, 0.2) is 48.7 Å². The van der Waals surface area contributed by atoms with E-state index in [1.54, 1.807) is 11.1 Å². The molecule has 0 radical (unpaired) electrons. The van der Waals surface area contributed by atoms with Gasteiger partial charge in [-0.05, 0) is 39.3 Å². The van der Waals surface area contributed by atoms with E-state index in [1.165, 1.54) is 5.56 Å². The van der Waals surface area contributed by atoms with Gasteiger partial charge in [0, 0.05) is 6.20 Å². The van der Waals surface area contributed by atoms with E-state index >= 15 is 0 Å². The molecule has 3 nitrogen and oxygen atoms in total. The molecule has 1 aliphatic rings. The highest BCUT2D eigenvalue weighted by molar-refractivity contribution is 5.71. The maximum atomic E-state index is 12.3. The number of aryl methyl sites for hydroxylation is 1. The molecule has 0 N–H and O–H groups in total. The predicted molar refractivity (Wildman–Crippen MR) is 80.3 cm³/mol. The van der Waals surface area contributed by atoms with Gasteiger partial charge < -0.3 is 4.74 Å². The molecular formula is C17H21NO2. The van der Waals surface area contributed by atoms with Gasteiger partial charge in [-0.2, -0.15) is 0 Å². The minimum atomic E-state index is -0.497. The molecule has 1 heterocycles. The lowest BCUT2D eigenvalue weighted by Gasteiger charge is -2.31. The van der Waals surface area contributed by atoms with E-state index in [1.807, 2.05) is 64.1 Å². The molecule has 0 spiro atoms. The van der Waals surface area contributed by atoms with E-state index in [0.717, 1.165) is 5.56 Å². The smallest absolute Gasteiger partial charge is 0.415 e. The molecule has 1 aliphatic heterocycles. The third kappa shape index (κ3) is 3.50. The molecular weight excluding hydrogens is 250 g/mol. The number of benzene rings is 1. The van der Waals surface area contributed by atoms with Crippen LogP contribution in [-0.4, -0.2) is 16.6 Å². The Morgan fingerprint density at radius 3 is 2.65 bits per heavy atom. The summed E-state index contributed by atoms with van der Waals surface area (Å²) in [6, 6.07) is 8.05. The Labute approximate surface area is 120 Å². The van der Waals surface area contributed by atoms with Gasteiger partial charge in [0.05, 0.1) is 6.04 Å². The summed E-state index contributed by atoms with van der Waals surface area (Å²) in [5.41, 5.74) is 1.76. The van der Waals surface area contributed by atoms with Gasteiger partial charge in [-0.1, -0.05) is 42.0 Å². The van der Waals surface area contributed by atoms with Crippen molar-refractivity contribution in [3.8, 4) is 0 Å². The molecule has 1 aromatic carbocycles. The van der Waals surface area contributed by atoms with E-state index in [9.17, 15) is 4.79 Å².